The van der Waals surface area contributed by atoms with Crippen molar-refractivity contribution in [3.8, 4) is 0 Å². The monoisotopic (exact) mass is 180 g/mol. The first-order valence-electron chi connectivity index (χ1n) is 3.43. The number of hydrogen-bond acceptors (Lipinski definition) is 4. The van der Waals surface area contributed by atoms with Crippen LogP contribution < -0.4 is 16.8 Å². The maximum absolute atomic E-state index is 10.3. The summed E-state index contributed by atoms with van der Waals surface area (Å²) in [6.45, 7) is 6.87. The summed E-state index contributed by atoms with van der Waals surface area (Å²) in [7, 11) is 0. The third kappa shape index (κ3) is 5.25. The molecule has 0 radical (unpaired) electrons. The average molecular weight is 180 g/mol. The predicted octanol–water partition coefficient (Wildman–Crippen LogP) is -0.411. The molecule has 70 valence electrons. The second kappa shape index (κ2) is 5.59. The third-order valence-corrected chi connectivity index (χ3v) is 0.998. The Kier molecular flexibility index (Phi) is 4.71. The molecule has 5 heteroatoms. The lowest BCUT2D eigenvalue weighted by atomic mass is 10.4. The summed E-state index contributed by atoms with van der Waals surface area (Å²) in [6, 6.07) is 0. The van der Waals surface area contributed by atoms with Gasteiger partial charge in [0.15, 0.2) is 0 Å². The van der Waals surface area contributed by atoms with E-state index in [9.17, 15) is 4.79 Å². The number of nitrogens with two attached hydrogens (primary N) is 2. The van der Waals surface area contributed by atoms with Gasteiger partial charge >= 0.3 is 0 Å². The molecule has 13 heavy (non-hydrogen) atoms. The van der Waals surface area contributed by atoms with Gasteiger partial charge in [0.25, 0.3) is 5.91 Å². The minimum atomic E-state index is -0.647. The molecule has 5 N–H and O–H groups in total. The van der Waals surface area contributed by atoms with Crippen molar-refractivity contribution in [1.29, 1.82) is 0 Å². The van der Waals surface area contributed by atoms with Crippen LogP contribution >= 0.6 is 0 Å². The van der Waals surface area contributed by atoms with Crippen LogP contribution in [0.15, 0.2) is 41.9 Å². The maximum Gasteiger partial charge on any atom is 0.259 e. The zero-order valence-corrected chi connectivity index (χ0v) is 7.16. The van der Waals surface area contributed by atoms with Crippen LogP contribution in [0.5, 0.6) is 0 Å². The van der Waals surface area contributed by atoms with E-state index in [1.807, 2.05) is 0 Å². The van der Waals surface area contributed by atoms with Gasteiger partial charge in [-0.25, -0.2) is 4.99 Å². The number of nitrogens with zero attached hydrogens (tertiary/aromatic N) is 1. The fraction of sp³-hybridized carbons (Fsp3) is 0. The molecular formula is C8H12N4O. The van der Waals surface area contributed by atoms with Crippen LogP contribution in [-0.4, -0.2) is 12.1 Å². The minimum absolute atomic E-state index is 0.229. The zero-order valence-electron chi connectivity index (χ0n) is 7.16. The molecule has 0 heterocycles. The molecule has 0 atom stereocenters. The second-order valence-electron chi connectivity index (χ2n) is 2.09. The first-order valence-corrected chi connectivity index (χ1v) is 3.43. The Morgan fingerprint density at radius 2 is 2.08 bits per heavy atom. The Morgan fingerprint density at radius 1 is 1.46 bits per heavy atom. The Labute approximate surface area is 76.5 Å². The first-order chi connectivity index (χ1) is 6.07. The van der Waals surface area contributed by atoms with Crippen molar-refractivity contribution in [1.82, 2.24) is 5.32 Å². The number of hydrogen-bond donors (Lipinski definition) is 3. The van der Waals surface area contributed by atoms with E-state index in [2.05, 4.69) is 23.5 Å². The maximum atomic E-state index is 10.3. The molecule has 0 aliphatic rings. The van der Waals surface area contributed by atoms with Crippen LogP contribution in [0.2, 0.25) is 0 Å². The summed E-state index contributed by atoms with van der Waals surface area (Å²) < 4.78 is 0. The largest absolute Gasteiger partial charge is 0.397 e. The van der Waals surface area contributed by atoms with E-state index in [0.717, 1.165) is 6.21 Å². The molecule has 0 rings (SSSR count). The second-order valence-corrected chi connectivity index (χ2v) is 2.09. The zero-order chi connectivity index (χ0) is 10.3. The Morgan fingerprint density at radius 3 is 2.46 bits per heavy atom. The van der Waals surface area contributed by atoms with Gasteiger partial charge in [-0.3, -0.25) is 4.79 Å². The van der Waals surface area contributed by atoms with Crippen molar-refractivity contribution in [2.75, 3.05) is 0 Å². The van der Waals surface area contributed by atoms with Gasteiger partial charge in [-0.1, -0.05) is 13.2 Å². The number of aliphatic imine (C=N–C) groups is 1. The standard InChI is InChI=1S/C8H12N4O/c1-3-11-4-7(6(2)9)12-5-8(10)13/h3-5,11H,1-2,9H2,(H2,10,13). The Hall–Kier alpha value is -2.04. The van der Waals surface area contributed by atoms with Crippen LogP contribution in [-0.2, 0) is 4.79 Å². The highest BCUT2D eigenvalue weighted by Gasteiger charge is 1.94. The smallest absolute Gasteiger partial charge is 0.259 e. The fourth-order valence-corrected chi connectivity index (χ4v) is 0.484. The molecule has 0 spiro atoms. The van der Waals surface area contributed by atoms with Crippen LogP contribution in [0.4, 0.5) is 0 Å². The number of nitrogens with one attached hydrogen (secondary N) is 1. The highest BCUT2D eigenvalue weighted by atomic mass is 16.1. The van der Waals surface area contributed by atoms with E-state index in [1.54, 1.807) is 0 Å². The molecule has 1 amide bonds. The normalized spacial score (nSPS) is 11.2. The van der Waals surface area contributed by atoms with Gasteiger partial charge in [0, 0.05) is 6.20 Å². The van der Waals surface area contributed by atoms with Crippen LogP contribution in [0.3, 0.4) is 0 Å². The molecular weight excluding hydrogens is 168 g/mol. The molecule has 0 aromatic heterocycles. The Bertz CT molecular complexity index is 278. The number of carbonyl (C=O) groups excluding carboxylic acids is 1. The lowest BCUT2D eigenvalue weighted by molar-refractivity contribution is -0.111. The predicted molar refractivity (Wildman–Crippen MR) is 52.4 cm³/mol. The minimum Gasteiger partial charge on any atom is -0.397 e. The van der Waals surface area contributed by atoms with Crippen molar-refractivity contribution < 1.29 is 4.79 Å². The van der Waals surface area contributed by atoms with Gasteiger partial charge < -0.3 is 16.8 Å². The highest BCUT2D eigenvalue weighted by molar-refractivity contribution is 6.25. The molecule has 0 fully saturated rings. The highest BCUT2D eigenvalue weighted by Crippen LogP contribution is 2.00. The quantitative estimate of drug-likeness (QED) is 0.396. The number of amides is 1. The molecule has 5 nitrogen and oxygen atoms in total. The van der Waals surface area contributed by atoms with Crippen molar-refractivity contribution in [2.24, 2.45) is 16.5 Å². The van der Waals surface area contributed by atoms with Gasteiger partial charge in [0.2, 0.25) is 0 Å². The van der Waals surface area contributed by atoms with Crippen LogP contribution in [0.1, 0.15) is 0 Å². The number of rotatable bonds is 5. The summed E-state index contributed by atoms with van der Waals surface area (Å²) in [5.41, 5.74) is 10.8. The molecule has 0 aromatic carbocycles. The number of carbonyl (C=O) groups is 1. The van der Waals surface area contributed by atoms with Crippen molar-refractivity contribution in [3.63, 3.8) is 0 Å². The van der Waals surface area contributed by atoms with Crippen molar-refractivity contribution >= 4 is 12.1 Å². The number of primary amides is 1. The molecule has 0 aromatic rings. The summed E-state index contributed by atoms with van der Waals surface area (Å²) in [4.78, 5) is 14.0. The molecule has 0 unspecified atom stereocenters. The van der Waals surface area contributed by atoms with Crippen molar-refractivity contribution in [3.05, 3.63) is 37.0 Å². The average Bonchev–Trinajstić information content (AvgIpc) is 2.03. The molecule has 0 bridgehead atoms. The van der Waals surface area contributed by atoms with Crippen LogP contribution in [0, 0.1) is 0 Å². The summed E-state index contributed by atoms with van der Waals surface area (Å²) in [5, 5.41) is 2.65. The van der Waals surface area contributed by atoms with E-state index in [4.69, 9.17) is 11.5 Å². The van der Waals surface area contributed by atoms with Crippen molar-refractivity contribution in [2.45, 2.75) is 0 Å². The van der Waals surface area contributed by atoms with Gasteiger partial charge in [-0.15, -0.1) is 0 Å². The first kappa shape index (κ1) is 11.0. The van der Waals surface area contributed by atoms with Crippen LogP contribution in [0.25, 0.3) is 0 Å². The van der Waals surface area contributed by atoms with Gasteiger partial charge in [0.05, 0.1) is 11.9 Å². The summed E-state index contributed by atoms with van der Waals surface area (Å²) in [5.74, 6) is -0.647. The topological polar surface area (TPSA) is 93.5 Å². The molecule has 0 saturated carbocycles. The summed E-state index contributed by atoms with van der Waals surface area (Å²) in [6.07, 6.45) is 3.84. The molecule has 0 aliphatic heterocycles. The molecule has 0 saturated heterocycles. The summed E-state index contributed by atoms with van der Waals surface area (Å²) >= 11 is 0. The third-order valence-electron chi connectivity index (χ3n) is 0.998. The van der Waals surface area contributed by atoms with Gasteiger partial charge in [0.1, 0.15) is 5.70 Å². The fourth-order valence-electron chi connectivity index (χ4n) is 0.484. The van der Waals surface area contributed by atoms with E-state index in [-0.39, 0.29) is 5.70 Å². The van der Waals surface area contributed by atoms with Gasteiger partial charge in [-0.2, -0.15) is 0 Å². The lowest BCUT2D eigenvalue weighted by Crippen LogP contribution is -2.12. The van der Waals surface area contributed by atoms with E-state index in [0.29, 0.717) is 5.70 Å². The van der Waals surface area contributed by atoms with E-state index >= 15 is 0 Å². The lowest BCUT2D eigenvalue weighted by Gasteiger charge is -1.98. The Balaban J connectivity index is 4.52. The SMILES string of the molecule is C=CNC=C(N=CC(N)=O)C(=C)N. The van der Waals surface area contributed by atoms with E-state index in [1.165, 1.54) is 12.4 Å². The van der Waals surface area contributed by atoms with Gasteiger partial charge in [-0.05, 0) is 6.20 Å². The van der Waals surface area contributed by atoms with E-state index < -0.39 is 5.91 Å². The molecule has 0 aliphatic carbocycles.